The largest absolute Gasteiger partial charge is 0.493 e. The number of thioether (sulfide) groups is 1. The molecule has 36 heavy (non-hydrogen) atoms. The van der Waals surface area contributed by atoms with Gasteiger partial charge in [0.1, 0.15) is 4.32 Å². The molecule has 190 valence electrons. The Kier molecular flexibility index (Phi) is 8.74. The second-order valence-corrected chi connectivity index (χ2v) is 11.5. The summed E-state index contributed by atoms with van der Waals surface area (Å²) in [5.74, 6) is 0.618. The summed E-state index contributed by atoms with van der Waals surface area (Å²) < 4.78 is 12.7. The summed E-state index contributed by atoms with van der Waals surface area (Å²) in [6, 6.07) is 9.47. The van der Waals surface area contributed by atoms with Gasteiger partial charge in [0, 0.05) is 10.5 Å². The number of carbonyl (C=O) groups excluding carboxylic acids is 2. The summed E-state index contributed by atoms with van der Waals surface area (Å²) in [6.07, 6.45) is 7.35. The van der Waals surface area contributed by atoms with E-state index in [2.05, 4.69) is 21.2 Å². The molecule has 0 atom stereocenters. The number of methoxy groups -OCH3 is 1. The van der Waals surface area contributed by atoms with Crippen molar-refractivity contribution in [2.75, 3.05) is 19.0 Å². The molecule has 0 radical (unpaired) electrons. The van der Waals surface area contributed by atoms with E-state index in [4.69, 9.17) is 21.7 Å². The van der Waals surface area contributed by atoms with Gasteiger partial charge in [-0.05, 0) is 89.7 Å². The molecule has 6 nitrogen and oxygen atoms in total. The molecule has 9 heteroatoms. The monoisotopic (exact) mass is 588 g/mol. The van der Waals surface area contributed by atoms with Crippen LogP contribution in [-0.4, -0.2) is 40.8 Å². The number of rotatable bonds is 7. The fraction of sp³-hybridized carbons (Fsp3) is 0.370. The summed E-state index contributed by atoms with van der Waals surface area (Å²) in [7, 11) is 1.54. The number of aryl methyl sites for hydroxylation is 2. The van der Waals surface area contributed by atoms with Gasteiger partial charge in [-0.25, -0.2) is 0 Å². The Balaban J connectivity index is 1.42. The Morgan fingerprint density at radius 2 is 1.89 bits per heavy atom. The lowest BCUT2D eigenvalue weighted by atomic mass is 9.94. The molecule has 1 aliphatic heterocycles. The first-order valence-corrected chi connectivity index (χ1v) is 13.9. The van der Waals surface area contributed by atoms with Crippen molar-refractivity contribution in [2.45, 2.75) is 52.0 Å². The van der Waals surface area contributed by atoms with Crippen molar-refractivity contribution in [1.82, 2.24) is 4.90 Å². The molecule has 0 aromatic heterocycles. The minimum absolute atomic E-state index is 0.0228. The number of anilines is 1. The summed E-state index contributed by atoms with van der Waals surface area (Å²) in [4.78, 5) is 28.0. The number of nitrogens with one attached hydrogen (secondary N) is 1. The molecule has 1 N–H and O–H groups in total. The number of carbonyl (C=O) groups is 2. The van der Waals surface area contributed by atoms with E-state index in [9.17, 15) is 9.59 Å². The fourth-order valence-electron chi connectivity index (χ4n) is 4.38. The smallest absolute Gasteiger partial charge is 0.266 e. The number of amides is 2. The third-order valence-electron chi connectivity index (χ3n) is 6.47. The molecule has 2 aromatic carbocycles. The van der Waals surface area contributed by atoms with Crippen LogP contribution < -0.4 is 14.8 Å². The molecule has 4 rings (SSSR count). The maximum Gasteiger partial charge on any atom is 0.266 e. The van der Waals surface area contributed by atoms with E-state index in [1.165, 1.54) is 18.2 Å². The second kappa shape index (κ2) is 11.8. The highest BCUT2D eigenvalue weighted by Crippen LogP contribution is 2.38. The van der Waals surface area contributed by atoms with E-state index >= 15 is 0 Å². The van der Waals surface area contributed by atoms with Gasteiger partial charge in [-0.15, -0.1) is 0 Å². The highest BCUT2D eigenvalue weighted by molar-refractivity contribution is 9.10. The van der Waals surface area contributed by atoms with E-state index in [1.807, 2.05) is 38.1 Å². The first-order valence-electron chi connectivity index (χ1n) is 11.9. The first-order chi connectivity index (χ1) is 17.3. The summed E-state index contributed by atoms with van der Waals surface area (Å²) >= 11 is 10.4. The van der Waals surface area contributed by atoms with Crippen LogP contribution in [-0.2, 0) is 9.59 Å². The van der Waals surface area contributed by atoms with Gasteiger partial charge < -0.3 is 14.8 Å². The average molecular weight is 590 g/mol. The van der Waals surface area contributed by atoms with E-state index in [0.717, 1.165) is 46.8 Å². The molecule has 1 aliphatic carbocycles. The van der Waals surface area contributed by atoms with Crippen molar-refractivity contribution in [3.8, 4) is 11.5 Å². The summed E-state index contributed by atoms with van der Waals surface area (Å²) in [5, 5.41) is 2.87. The van der Waals surface area contributed by atoms with Crippen LogP contribution in [0.15, 0.2) is 39.7 Å². The predicted octanol–water partition coefficient (Wildman–Crippen LogP) is 6.63. The van der Waals surface area contributed by atoms with Crippen LogP contribution in [0.2, 0.25) is 0 Å². The number of ether oxygens (including phenoxy) is 2. The Hall–Kier alpha value is -2.36. The van der Waals surface area contributed by atoms with E-state index in [0.29, 0.717) is 26.4 Å². The van der Waals surface area contributed by atoms with Crippen molar-refractivity contribution >= 4 is 67.8 Å². The normalized spacial score (nSPS) is 17.6. The number of benzene rings is 2. The standard InChI is InChI=1S/C27H29BrN2O4S2/c1-16-11-20(28)21(12-17(16)2)29-25(31)15-34-22-10-9-18(13-23(22)33-3)14-24-26(32)30(27(35)36-24)19-7-5-4-6-8-19/h9-14,19H,4-8,15H2,1-3H3,(H,29,31). The maximum absolute atomic E-state index is 13.1. The molecular weight excluding hydrogens is 560 g/mol. The molecule has 0 spiro atoms. The molecule has 1 heterocycles. The zero-order valence-electron chi connectivity index (χ0n) is 20.6. The van der Waals surface area contributed by atoms with Gasteiger partial charge in [-0.3, -0.25) is 14.5 Å². The summed E-state index contributed by atoms with van der Waals surface area (Å²) in [5.41, 5.74) is 3.71. The SMILES string of the molecule is COc1cc(C=C2SC(=S)N(C3CCCCC3)C2=O)ccc1OCC(=O)Nc1cc(C)c(C)cc1Br. The molecule has 2 amide bonds. The van der Waals surface area contributed by atoms with Gasteiger partial charge in [-0.2, -0.15) is 0 Å². The third-order valence-corrected chi connectivity index (χ3v) is 8.45. The van der Waals surface area contributed by atoms with Crippen molar-refractivity contribution in [1.29, 1.82) is 0 Å². The van der Waals surface area contributed by atoms with Crippen LogP contribution >= 0.6 is 39.9 Å². The highest BCUT2D eigenvalue weighted by atomic mass is 79.9. The van der Waals surface area contributed by atoms with E-state index < -0.39 is 0 Å². The van der Waals surface area contributed by atoms with Crippen molar-refractivity contribution in [3.05, 3.63) is 56.4 Å². The number of halogens is 1. The van der Waals surface area contributed by atoms with Crippen LogP contribution in [0.25, 0.3) is 6.08 Å². The van der Waals surface area contributed by atoms with Crippen LogP contribution in [0.3, 0.4) is 0 Å². The molecule has 2 fully saturated rings. The lowest BCUT2D eigenvalue weighted by molar-refractivity contribution is -0.124. The zero-order chi connectivity index (χ0) is 25.8. The minimum Gasteiger partial charge on any atom is -0.493 e. The van der Waals surface area contributed by atoms with Gasteiger partial charge >= 0.3 is 0 Å². The lowest BCUT2D eigenvalue weighted by Gasteiger charge is -2.29. The lowest BCUT2D eigenvalue weighted by Crippen LogP contribution is -2.39. The molecule has 0 bridgehead atoms. The van der Waals surface area contributed by atoms with Gasteiger partial charge in [0.25, 0.3) is 11.8 Å². The van der Waals surface area contributed by atoms with Crippen molar-refractivity contribution in [2.24, 2.45) is 0 Å². The fourth-order valence-corrected chi connectivity index (χ4v) is 6.34. The Bertz CT molecular complexity index is 1220. The number of thiocarbonyl (C=S) groups is 1. The summed E-state index contributed by atoms with van der Waals surface area (Å²) in [6.45, 7) is 3.84. The zero-order valence-corrected chi connectivity index (χ0v) is 23.8. The first kappa shape index (κ1) is 26.7. The molecular formula is C27H29BrN2O4S2. The molecule has 2 aromatic rings. The average Bonchev–Trinajstić information content (AvgIpc) is 3.14. The van der Waals surface area contributed by atoms with Crippen LogP contribution in [0.1, 0.15) is 48.8 Å². The second-order valence-electron chi connectivity index (χ2n) is 9.01. The Morgan fingerprint density at radius 3 is 2.61 bits per heavy atom. The topological polar surface area (TPSA) is 67.9 Å². The van der Waals surface area contributed by atoms with Gasteiger partial charge in [0.15, 0.2) is 18.1 Å². The van der Waals surface area contributed by atoms with Crippen LogP contribution in [0.5, 0.6) is 11.5 Å². The molecule has 1 saturated heterocycles. The van der Waals surface area contributed by atoms with Crippen LogP contribution in [0, 0.1) is 13.8 Å². The molecule has 2 aliphatic rings. The minimum atomic E-state index is -0.281. The van der Waals surface area contributed by atoms with E-state index in [1.54, 1.807) is 24.1 Å². The van der Waals surface area contributed by atoms with E-state index in [-0.39, 0.29) is 24.5 Å². The van der Waals surface area contributed by atoms with Gasteiger partial charge in [0.05, 0.1) is 17.7 Å². The Labute approximate surface area is 229 Å². The quantitative estimate of drug-likeness (QED) is 0.289. The predicted molar refractivity (Wildman–Crippen MR) is 153 cm³/mol. The third kappa shape index (κ3) is 6.12. The van der Waals surface area contributed by atoms with Gasteiger partial charge in [-0.1, -0.05) is 49.3 Å². The Morgan fingerprint density at radius 1 is 1.17 bits per heavy atom. The number of nitrogens with zero attached hydrogens (tertiary/aromatic N) is 1. The maximum atomic E-state index is 13.1. The van der Waals surface area contributed by atoms with Crippen molar-refractivity contribution < 1.29 is 19.1 Å². The van der Waals surface area contributed by atoms with Crippen LogP contribution in [0.4, 0.5) is 5.69 Å². The number of hydrogen-bond acceptors (Lipinski definition) is 6. The molecule has 0 unspecified atom stereocenters. The highest BCUT2D eigenvalue weighted by Gasteiger charge is 2.37. The number of hydrogen-bond donors (Lipinski definition) is 1. The van der Waals surface area contributed by atoms with Crippen molar-refractivity contribution in [3.63, 3.8) is 0 Å². The molecule has 1 saturated carbocycles. The van der Waals surface area contributed by atoms with Gasteiger partial charge in [0.2, 0.25) is 0 Å².